The van der Waals surface area contributed by atoms with Gasteiger partial charge in [-0.1, -0.05) is 23.7 Å². The summed E-state index contributed by atoms with van der Waals surface area (Å²) in [6.45, 7) is 2.87. The zero-order chi connectivity index (χ0) is 12.3. The van der Waals surface area contributed by atoms with E-state index in [1.807, 2.05) is 13.0 Å². The second-order valence-corrected chi connectivity index (χ2v) is 5.03. The van der Waals surface area contributed by atoms with Crippen molar-refractivity contribution in [2.75, 3.05) is 6.61 Å². The van der Waals surface area contributed by atoms with E-state index in [0.29, 0.717) is 0 Å². The Balaban J connectivity index is 2.06. The smallest absolute Gasteiger partial charge is 0.0745 e. The van der Waals surface area contributed by atoms with Gasteiger partial charge in [-0.3, -0.25) is 11.3 Å². The second kappa shape index (κ2) is 5.83. The molecule has 0 aliphatic carbocycles. The fourth-order valence-corrected chi connectivity index (χ4v) is 2.58. The largest absolute Gasteiger partial charge is 0.377 e. The van der Waals surface area contributed by atoms with E-state index in [0.717, 1.165) is 36.5 Å². The van der Waals surface area contributed by atoms with Crippen LogP contribution in [0.15, 0.2) is 18.2 Å². The molecule has 0 bridgehead atoms. The van der Waals surface area contributed by atoms with Gasteiger partial charge in [0, 0.05) is 11.6 Å². The summed E-state index contributed by atoms with van der Waals surface area (Å²) in [5.74, 6) is 5.61. The van der Waals surface area contributed by atoms with Crippen molar-refractivity contribution < 1.29 is 4.74 Å². The molecule has 1 heterocycles. The van der Waals surface area contributed by atoms with Crippen molar-refractivity contribution >= 4 is 11.6 Å². The lowest BCUT2D eigenvalue weighted by atomic mass is 9.99. The summed E-state index contributed by atoms with van der Waals surface area (Å²) in [7, 11) is 0. The van der Waals surface area contributed by atoms with Crippen LogP contribution in [-0.4, -0.2) is 18.8 Å². The molecule has 1 fully saturated rings. The number of nitrogens with one attached hydrogen (secondary N) is 1. The SMILES string of the molecule is Cc1ccc(CC(NN)C2CCCO2)c(Cl)c1. The Morgan fingerprint density at radius 3 is 3.00 bits per heavy atom. The topological polar surface area (TPSA) is 47.3 Å². The molecule has 0 radical (unpaired) electrons. The van der Waals surface area contributed by atoms with E-state index in [-0.39, 0.29) is 12.1 Å². The Hall–Kier alpha value is -0.610. The van der Waals surface area contributed by atoms with Crippen molar-refractivity contribution in [3.8, 4) is 0 Å². The molecule has 2 rings (SSSR count). The summed E-state index contributed by atoms with van der Waals surface area (Å²) in [5.41, 5.74) is 5.15. The molecule has 0 spiro atoms. The van der Waals surface area contributed by atoms with E-state index in [9.17, 15) is 0 Å². The fourth-order valence-electron chi connectivity index (χ4n) is 2.27. The first-order chi connectivity index (χ1) is 8.20. The molecule has 3 N–H and O–H groups in total. The molecule has 4 heteroatoms. The molecule has 0 saturated carbocycles. The van der Waals surface area contributed by atoms with Crippen molar-refractivity contribution in [2.24, 2.45) is 5.84 Å². The predicted molar refractivity (Wildman–Crippen MR) is 70.0 cm³/mol. The van der Waals surface area contributed by atoms with Gasteiger partial charge in [-0.2, -0.15) is 0 Å². The molecule has 1 aromatic rings. The normalized spacial score (nSPS) is 21.7. The van der Waals surface area contributed by atoms with Gasteiger partial charge in [0.25, 0.3) is 0 Å². The maximum Gasteiger partial charge on any atom is 0.0745 e. The second-order valence-electron chi connectivity index (χ2n) is 4.62. The first-order valence-electron chi connectivity index (χ1n) is 6.03. The van der Waals surface area contributed by atoms with Crippen LogP contribution >= 0.6 is 11.6 Å². The fraction of sp³-hybridized carbons (Fsp3) is 0.538. The van der Waals surface area contributed by atoms with Crippen molar-refractivity contribution in [2.45, 2.75) is 38.3 Å². The quantitative estimate of drug-likeness (QED) is 0.640. The highest BCUT2D eigenvalue weighted by molar-refractivity contribution is 6.31. The Kier molecular flexibility index (Phi) is 4.40. The lowest BCUT2D eigenvalue weighted by Crippen LogP contribution is -2.45. The van der Waals surface area contributed by atoms with E-state index < -0.39 is 0 Å². The summed E-state index contributed by atoms with van der Waals surface area (Å²) >= 11 is 6.23. The van der Waals surface area contributed by atoms with Crippen LogP contribution in [0, 0.1) is 6.92 Å². The minimum absolute atomic E-state index is 0.137. The highest BCUT2D eigenvalue weighted by atomic mass is 35.5. The Morgan fingerprint density at radius 1 is 1.59 bits per heavy atom. The van der Waals surface area contributed by atoms with Gasteiger partial charge >= 0.3 is 0 Å². The Morgan fingerprint density at radius 2 is 2.41 bits per heavy atom. The number of halogens is 1. The molecule has 1 aliphatic rings. The van der Waals surface area contributed by atoms with Crippen LogP contribution in [0.1, 0.15) is 24.0 Å². The number of nitrogens with two attached hydrogens (primary N) is 1. The van der Waals surface area contributed by atoms with Crippen molar-refractivity contribution in [1.82, 2.24) is 5.43 Å². The van der Waals surface area contributed by atoms with E-state index in [1.54, 1.807) is 0 Å². The maximum atomic E-state index is 6.23. The first-order valence-corrected chi connectivity index (χ1v) is 6.41. The minimum Gasteiger partial charge on any atom is -0.377 e. The van der Waals surface area contributed by atoms with Gasteiger partial charge in [0.2, 0.25) is 0 Å². The molecule has 1 saturated heterocycles. The van der Waals surface area contributed by atoms with Crippen LogP contribution in [0.2, 0.25) is 5.02 Å². The molecule has 3 nitrogen and oxygen atoms in total. The molecule has 2 unspecified atom stereocenters. The average molecular weight is 255 g/mol. The number of hydrogen-bond donors (Lipinski definition) is 2. The highest BCUT2D eigenvalue weighted by Gasteiger charge is 2.25. The lowest BCUT2D eigenvalue weighted by Gasteiger charge is -2.22. The molecular weight excluding hydrogens is 236 g/mol. The van der Waals surface area contributed by atoms with Crippen molar-refractivity contribution in [3.05, 3.63) is 34.3 Å². The van der Waals surface area contributed by atoms with Gasteiger partial charge in [-0.05, 0) is 43.4 Å². The minimum atomic E-state index is 0.137. The van der Waals surface area contributed by atoms with Crippen LogP contribution in [0.25, 0.3) is 0 Å². The highest BCUT2D eigenvalue weighted by Crippen LogP contribution is 2.23. The third-order valence-electron chi connectivity index (χ3n) is 3.28. The summed E-state index contributed by atoms with van der Waals surface area (Å²) < 4.78 is 5.66. The van der Waals surface area contributed by atoms with Crippen molar-refractivity contribution in [1.29, 1.82) is 0 Å². The third-order valence-corrected chi connectivity index (χ3v) is 3.63. The molecular formula is C13H19ClN2O. The number of benzene rings is 1. The van der Waals surface area contributed by atoms with Gasteiger partial charge in [0.15, 0.2) is 0 Å². The van der Waals surface area contributed by atoms with Gasteiger partial charge in [0.1, 0.15) is 0 Å². The first kappa shape index (κ1) is 12.8. The average Bonchev–Trinajstić information content (AvgIpc) is 2.81. The standard InChI is InChI=1S/C13H19ClN2O/c1-9-4-5-10(11(14)7-9)8-12(16-15)13-3-2-6-17-13/h4-5,7,12-13,16H,2-3,6,8,15H2,1H3. The maximum absolute atomic E-state index is 6.23. The number of ether oxygens (including phenoxy) is 1. The summed E-state index contributed by atoms with van der Waals surface area (Å²) in [5, 5.41) is 0.809. The lowest BCUT2D eigenvalue weighted by molar-refractivity contribution is 0.0784. The van der Waals surface area contributed by atoms with Gasteiger partial charge in [0.05, 0.1) is 12.1 Å². The zero-order valence-electron chi connectivity index (χ0n) is 10.1. The van der Waals surface area contributed by atoms with Gasteiger partial charge in [-0.25, -0.2) is 0 Å². The molecule has 2 atom stereocenters. The molecule has 0 amide bonds. The zero-order valence-corrected chi connectivity index (χ0v) is 10.8. The van der Waals surface area contributed by atoms with Crippen LogP contribution in [0.3, 0.4) is 0 Å². The van der Waals surface area contributed by atoms with E-state index in [2.05, 4.69) is 17.6 Å². The Labute approximate surface area is 107 Å². The molecule has 17 heavy (non-hydrogen) atoms. The van der Waals surface area contributed by atoms with E-state index >= 15 is 0 Å². The van der Waals surface area contributed by atoms with E-state index in [4.69, 9.17) is 22.2 Å². The van der Waals surface area contributed by atoms with Crippen LogP contribution in [-0.2, 0) is 11.2 Å². The van der Waals surface area contributed by atoms with Crippen LogP contribution in [0.5, 0.6) is 0 Å². The van der Waals surface area contributed by atoms with Gasteiger partial charge in [-0.15, -0.1) is 0 Å². The number of hydrogen-bond acceptors (Lipinski definition) is 3. The summed E-state index contributed by atoms with van der Waals surface area (Å²) in [6, 6.07) is 6.26. The monoisotopic (exact) mass is 254 g/mol. The number of aryl methyl sites for hydroxylation is 1. The molecule has 0 aromatic heterocycles. The molecule has 1 aromatic carbocycles. The Bertz CT molecular complexity index is 378. The summed E-state index contributed by atoms with van der Waals surface area (Å²) in [6.07, 6.45) is 3.20. The van der Waals surface area contributed by atoms with E-state index in [1.165, 1.54) is 5.56 Å². The summed E-state index contributed by atoms with van der Waals surface area (Å²) in [4.78, 5) is 0. The molecule has 94 valence electrons. The van der Waals surface area contributed by atoms with Crippen LogP contribution < -0.4 is 11.3 Å². The number of hydrazine groups is 1. The van der Waals surface area contributed by atoms with Gasteiger partial charge < -0.3 is 4.74 Å². The van der Waals surface area contributed by atoms with Crippen molar-refractivity contribution in [3.63, 3.8) is 0 Å². The third kappa shape index (κ3) is 3.19. The van der Waals surface area contributed by atoms with Crippen LogP contribution in [0.4, 0.5) is 0 Å². The number of rotatable bonds is 4. The predicted octanol–water partition coefficient (Wildman–Crippen LogP) is 2.20. The molecule has 1 aliphatic heterocycles.